The molecule has 1 saturated heterocycles. The van der Waals surface area contributed by atoms with Crippen LogP contribution in [0.25, 0.3) is 0 Å². The normalized spacial score (nSPS) is 25.8. The minimum absolute atomic E-state index is 0.609. The summed E-state index contributed by atoms with van der Waals surface area (Å²) in [6, 6.07) is 5.39. The first-order valence-electron chi connectivity index (χ1n) is 7.13. The first-order chi connectivity index (χ1) is 8.60. The van der Waals surface area contributed by atoms with E-state index in [1.165, 1.54) is 6.42 Å². The van der Waals surface area contributed by atoms with E-state index in [0.717, 1.165) is 31.2 Å². The molecule has 1 aliphatic heterocycles. The highest BCUT2D eigenvalue weighted by Crippen LogP contribution is 2.20. The van der Waals surface area contributed by atoms with E-state index in [9.17, 15) is 0 Å². The molecule has 2 rings (SSSR count). The number of piperazine rings is 1. The van der Waals surface area contributed by atoms with Gasteiger partial charge in [0, 0.05) is 25.2 Å². The van der Waals surface area contributed by atoms with Gasteiger partial charge in [-0.15, -0.1) is 0 Å². The van der Waals surface area contributed by atoms with Crippen molar-refractivity contribution in [3.63, 3.8) is 0 Å². The van der Waals surface area contributed by atoms with Crippen LogP contribution in [0, 0.1) is 12.8 Å². The quantitative estimate of drug-likeness (QED) is 0.890. The summed E-state index contributed by atoms with van der Waals surface area (Å²) in [6.07, 6.45) is 1.19. The van der Waals surface area contributed by atoms with Crippen LogP contribution in [0.4, 0.5) is 0 Å². The molecule has 0 spiro atoms. The van der Waals surface area contributed by atoms with E-state index >= 15 is 0 Å². The number of nitrogens with one attached hydrogen (secondary N) is 1. The third-order valence-corrected chi connectivity index (χ3v) is 3.96. The molecular formula is C15H26N2O. The Balaban J connectivity index is 2.04. The SMILES string of the molecule is CCC1CN(Cc2ccc(C)o2)C(C(C)C)CN1. The van der Waals surface area contributed by atoms with Crippen LogP contribution >= 0.6 is 0 Å². The highest BCUT2D eigenvalue weighted by molar-refractivity contribution is 5.06. The smallest absolute Gasteiger partial charge is 0.118 e. The second-order valence-corrected chi connectivity index (χ2v) is 5.77. The van der Waals surface area contributed by atoms with Gasteiger partial charge in [-0.3, -0.25) is 4.90 Å². The van der Waals surface area contributed by atoms with Gasteiger partial charge < -0.3 is 9.73 Å². The zero-order valence-corrected chi connectivity index (χ0v) is 12.1. The predicted octanol–water partition coefficient (Wildman–Crippen LogP) is 2.80. The second-order valence-electron chi connectivity index (χ2n) is 5.77. The third-order valence-electron chi connectivity index (χ3n) is 3.96. The summed E-state index contributed by atoms with van der Waals surface area (Å²) < 4.78 is 5.72. The molecule has 1 aromatic rings. The monoisotopic (exact) mass is 250 g/mol. The molecule has 0 bridgehead atoms. The minimum atomic E-state index is 0.609. The fraction of sp³-hybridized carbons (Fsp3) is 0.733. The maximum atomic E-state index is 5.72. The Kier molecular flexibility index (Phi) is 4.46. The molecule has 3 nitrogen and oxygen atoms in total. The molecule has 0 saturated carbocycles. The van der Waals surface area contributed by atoms with Crippen LogP contribution in [0.3, 0.4) is 0 Å². The second kappa shape index (κ2) is 5.89. The van der Waals surface area contributed by atoms with E-state index in [1.807, 2.05) is 6.92 Å². The minimum Gasteiger partial charge on any atom is -0.465 e. The van der Waals surface area contributed by atoms with Crippen molar-refractivity contribution >= 4 is 0 Å². The zero-order chi connectivity index (χ0) is 13.1. The molecule has 1 aromatic heterocycles. The lowest BCUT2D eigenvalue weighted by Gasteiger charge is -2.41. The number of hydrogen-bond donors (Lipinski definition) is 1. The summed E-state index contributed by atoms with van der Waals surface area (Å²) in [5.74, 6) is 2.77. The summed E-state index contributed by atoms with van der Waals surface area (Å²) in [7, 11) is 0. The molecular weight excluding hydrogens is 224 g/mol. The van der Waals surface area contributed by atoms with E-state index in [-0.39, 0.29) is 0 Å². The van der Waals surface area contributed by atoms with Crippen LogP contribution in [0.15, 0.2) is 16.5 Å². The van der Waals surface area contributed by atoms with Crippen LogP contribution in [0.5, 0.6) is 0 Å². The van der Waals surface area contributed by atoms with Crippen molar-refractivity contribution in [3.05, 3.63) is 23.7 Å². The largest absolute Gasteiger partial charge is 0.465 e. The molecule has 0 amide bonds. The number of furan rings is 1. The Bertz CT molecular complexity index is 372. The van der Waals surface area contributed by atoms with E-state index in [1.54, 1.807) is 0 Å². The molecule has 1 fully saturated rings. The van der Waals surface area contributed by atoms with Crippen LogP contribution < -0.4 is 5.32 Å². The lowest BCUT2D eigenvalue weighted by Crippen LogP contribution is -2.57. The lowest BCUT2D eigenvalue weighted by atomic mass is 9.97. The molecule has 3 heteroatoms. The Morgan fingerprint density at radius 3 is 2.78 bits per heavy atom. The van der Waals surface area contributed by atoms with Gasteiger partial charge in [0.25, 0.3) is 0 Å². The summed E-state index contributed by atoms with van der Waals surface area (Å²) in [5.41, 5.74) is 0. The molecule has 1 aliphatic rings. The molecule has 1 N–H and O–H groups in total. The van der Waals surface area contributed by atoms with Crippen LogP contribution in [-0.2, 0) is 6.54 Å². The van der Waals surface area contributed by atoms with E-state index in [0.29, 0.717) is 18.0 Å². The number of hydrogen-bond acceptors (Lipinski definition) is 3. The van der Waals surface area contributed by atoms with E-state index < -0.39 is 0 Å². The Hall–Kier alpha value is -0.800. The third kappa shape index (κ3) is 3.15. The van der Waals surface area contributed by atoms with Gasteiger partial charge in [0.2, 0.25) is 0 Å². The molecule has 2 atom stereocenters. The standard InChI is InChI=1S/C15H26N2O/c1-5-13-9-17(15(8-16-13)11(2)3)10-14-7-6-12(4)18-14/h6-7,11,13,15-16H,5,8-10H2,1-4H3. The number of rotatable bonds is 4. The molecule has 0 aliphatic carbocycles. The highest BCUT2D eigenvalue weighted by Gasteiger charge is 2.29. The van der Waals surface area contributed by atoms with Gasteiger partial charge in [-0.25, -0.2) is 0 Å². The van der Waals surface area contributed by atoms with Gasteiger partial charge in [0.15, 0.2) is 0 Å². The first-order valence-corrected chi connectivity index (χ1v) is 7.13. The predicted molar refractivity (Wildman–Crippen MR) is 74.6 cm³/mol. The van der Waals surface area contributed by atoms with Gasteiger partial charge in [-0.1, -0.05) is 20.8 Å². The van der Waals surface area contributed by atoms with Crippen LogP contribution in [0.1, 0.15) is 38.7 Å². The molecule has 2 unspecified atom stereocenters. The van der Waals surface area contributed by atoms with Crippen molar-refractivity contribution in [2.45, 2.75) is 52.7 Å². The lowest BCUT2D eigenvalue weighted by molar-refractivity contribution is 0.0829. The highest BCUT2D eigenvalue weighted by atomic mass is 16.3. The van der Waals surface area contributed by atoms with Crippen molar-refractivity contribution in [1.29, 1.82) is 0 Å². The molecule has 2 heterocycles. The molecule has 18 heavy (non-hydrogen) atoms. The first kappa shape index (κ1) is 13.6. The average Bonchev–Trinajstić information content (AvgIpc) is 2.74. The molecule has 102 valence electrons. The average molecular weight is 250 g/mol. The number of nitrogens with zero attached hydrogens (tertiary/aromatic N) is 1. The maximum absolute atomic E-state index is 5.72. The van der Waals surface area contributed by atoms with Crippen molar-refractivity contribution in [1.82, 2.24) is 10.2 Å². The van der Waals surface area contributed by atoms with E-state index in [4.69, 9.17) is 4.42 Å². The van der Waals surface area contributed by atoms with Gasteiger partial charge >= 0.3 is 0 Å². The Morgan fingerprint density at radius 2 is 2.22 bits per heavy atom. The van der Waals surface area contributed by atoms with Crippen molar-refractivity contribution in [3.8, 4) is 0 Å². The summed E-state index contributed by atoms with van der Waals surface area (Å²) in [6.45, 7) is 12.0. The van der Waals surface area contributed by atoms with Gasteiger partial charge in [-0.2, -0.15) is 0 Å². The topological polar surface area (TPSA) is 28.4 Å². The summed E-state index contributed by atoms with van der Waals surface area (Å²) in [4.78, 5) is 2.58. The van der Waals surface area contributed by atoms with Crippen LogP contribution in [0.2, 0.25) is 0 Å². The van der Waals surface area contributed by atoms with Gasteiger partial charge in [-0.05, 0) is 31.4 Å². The Labute approximate surface area is 111 Å². The van der Waals surface area contributed by atoms with Gasteiger partial charge in [0.1, 0.15) is 11.5 Å². The molecule has 0 radical (unpaired) electrons. The summed E-state index contributed by atoms with van der Waals surface area (Å²) in [5, 5.41) is 3.65. The van der Waals surface area contributed by atoms with E-state index in [2.05, 4.69) is 43.1 Å². The summed E-state index contributed by atoms with van der Waals surface area (Å²) >= 11 is 0. The number of aryl methyl sites for hydroxylation is 1. The van der Waals surface area contributed by atoms with Gasteiger partial charge in [0.05, 0.1) is 6.54 Å². The fourth-order valence-corrected chi connectivity index (χ4v) is 2.78. The maximum Gasteiger partial charge on any atom is 0.118 e. The Morgan fingerprint density at radius 1 is 1.44 bits per heavy atom. The molecule has 0 aromatic carbocycles. The fourth-order valence-electron chi connectivity index (χ4n) is 2.78. The van der Waals surface area contributed by atoms with Crippen molar-refractivity contribution in [2.75, 3.05) is 13.1 Å². The van der Waals surface area contributed by atoms with Crippen molar-refractivity contribution < 1.29 is 4.42 Å². The zero-order valence-electron chi connectivity index (χ0n) is 12.1. The van der Waals surface area contributed by atoms with Crippen LogP contribution in [-0.4, -0.2) is 30.1 Å². The van der Waals surface area contributed by atoms with Crippen molar-refractivity contribution in [2.24, 2.45) is 5.92 Å².